The number of hydrogen-bond donors (Lipinski definition) is 1. The van der Waals surface area contributed by atoms with Gasteiger partial charge in [-0.05, 0) is 55.4 Å². The zero-order valence-corrected chi connectivity index (χ0v) is 12.2. The fraction of sp³-hybridized carbons (Fsp3) is 0.467. The van der Waals surface area contributed by atoms with Gasteiger partial charge in [0.1, 0.15) is 0 Å². The van der Waals surface area contributed by atoms with E-state index in [1.54, 1.807) is 0 Å². The Balaban J connectivity index is 1.93. The van der Waals surface area contributed by atoms with Crippen LogP contribution in [-0.2, 0) is 0 Å². The first kappa shape index (κ1) is 12.8. The summed E-state index contributed by atoms with van der Waals surface area (Å²) in [6.45, 7) is 2.03. The highest BCUT2D eigenvalue weighted by molar-refractivity contribution is 7.05. The van der Waals surface area contributed by atoms with Crippen molar-refractivity contribution >= 4 is 11.5 Å². The average molecular weight is 273 g/mol. The molecule has 0 saturated heterocycles. The van der Waals surface area contributed by atoms with Crippen LogP contribution in [0.2, 0.25) is 0 Å². The van der Waals surface area contributed by atoms with Gasteiger partial charge < -0.3 is 5.32 Å². The van der Waals surface area contributed by atoms with E-state index in [1.807, 2.05) is 14.0 Å². The maximum Gasteiger partial charge on any atom is 0.0776 e. The number of rotatable bonds is 4. The molecule has 1 aromatic heterocycles. The molecule has 1 N–H and O–H groups in total. The summed E-state index contributed by atoms with van der Waals surface area (Å²) in [5, 5.41) is 7.52. The average Bonchev–Trinajstić information content (AvgIpc) is 2.75. The minimum absolute atomic E-state index is 0.208. The largest absolute Gasteiger partial charge is 0.309 e. The first-order valence-electron chi connectivity index (χ1n) is 6.85. The van der Waals surface area contributed by atoms with Crippen LogP contribution in [0.25, 0.3) is 0 Å². The van der Waals surface area contributed by atoms with Gasteiger partial charge in [0.25, 0.3) is 0 Å². The molecule has 1 saturated carbocycles. The third-order valence-electron chi connectivity index (χ3n) is 4.06. The summed E-state index contributed by atoms with van der Waals surface area (Å²) < 4.78 is 4.05. The van der Waals surface area contributed by atoms with E-state index >= 15 is 0 Å². The molecular weight excluding hydrogens is 254 g/mol. The van der Waals surface area contributed by atoms with Crippen LogP contribution >= 0.6 is 11.5 Å². The summed E-state index contributed by atoms with van der Waals surface area (Å²) in [5.41, 5.74) is 3.83. The molecule has 1 heterocycles. The summed E-state index contributed by atoms with van der Waals surface area (Å²) in [6, 6.07) is 9.20. The number of hydrogen-bond acceptors (Lipinski definition) is 4. The Morgan fingerprint density at radius 1 is 1.37 bits per heavy atom. The summed E-state index contributed by atoms with van der Waals surface area (Å²) in [4.78, 5) is 1.22. The van der Waals surface area contributed by atoms with E-state index in [-0.39, 0.29) is 6.04 Å². The quantitative estimate of drug-likeness (QED) is 0.927. The van der Waals surface area contributed by atoms with Crippen molar-refractivity contribution in [1.29, 1.82) is 0 Å². The van der Waals surface area contributed by atoms with Crippen molar-refractivity contribution < 1.29 is 0 Å². The molecule has 1 aliphatic carbocycles. The minimum Gasteiger partial charge on any atom is -0.309 e. The molecule has 0 aliphatic heterocycles. The second-order valence-electron chi connectivity index (χ2n) is 5.24. The van der Waals surface area contributed by atoms with Crippen molar-refractivity contribution in [3.63, 3.8) is 0 Å². The van der Waals surface area contributed by atoms with Gasteiger partial charge in [0.15, 0.2) is 0 Å². The van der Waals surface area contributed by atoms with Crippen LogP contribution in [0.5, 0.6) is 0 Å². The maximum absolute atomic E-state index is 4.12. The topological polar surface area (TPSA) is 37.8 Å². The van der Waals surface area contributed by atoms with Gasteiger partial charge >= 0.3 is 0 Å². The van der Waals surface area contributed by atoms with E-state index in [0.717, 1.165) is 11.6 Å². The molecule has 1 atom stereocenters. The molecule has 100 valence electrons. The fourth-order valence-corrected chi connectivity index (χ4v) is 3.47. The van der Waals surface area contributed by atoms with Crippen LogP contribution in [0.1, 0.15) is 52.9 Å². The Bertz CT molecular complexity index is 560. The van der Waals surface area contributed by atoms with Gasteiger partial charge in [-0.2, -0.15) is 0 Å². The zero-order valence-electron chi connectivity index (χ0n) is 11.4. The molecular formula is C15H19N3S. The SMILES string of the molecule is CNC(c1cccc(C2CCC2)c1)c1snnc1C. The molecule has 3 nitrogen and oxygen atoms in total. The van der Waals surface area contributed by atoms with E-state index < -0.39 is 0 Å². The summed E-state index contributed by atoms with van der Waals surface area (Å²) in [7, 11) is 2.00. The van der Waals surface area contributed by atoms with E-state index in [0.29, 0.717) is 0 Å². The number of aromatic nitrogens is 2. The summed E-state index contributed by atoms with van der Waals surface area (Å²) in [6.07, 6.45) is 4.06. The van der Waals surface area contributed by atoms with Gasteiger partial charge in [0, 0.05) is 0 Å². The second-order valence-corrected chi connectivity index (χ2v) is 6.03. The molecule has 0 spiro atoms. The van der Waals surface area contributed by atoms with Crippen molar-refractivity contribution in [1.82, 2.24) is 14.9 Å². The molecule has 19 heavy (non-hydrogen) atoms. The summed E-state index contributed by atoms with van der Waals surface area (Å²) in [5.74, 6) is 0.776. The highest BCUT2D eigenvalue weighted by Crippen LogP contribution is 2.37. The van der Waals surface area contributed by atoms with Gasteiger partial charge in [-0.25, -0.2) is 0 Å². The van der Waals surface area contributed by atoms with Crippen LogP contribution in [0.4, 0.5) is 0 Å². The van der Waals surface area contributed by atoms with Gasteiger partial charge in [-0.15, -0.1) is 5.10 Å². The van der Waals surface area contributed by atoms with Crippen molar-refractivity contribution in [3.8, 4) is 0 Å². The van der Waals surface area contributed by atoms with Crippen LogP contribution in [0.3, 0.4) is 0 Å². The zero-order chi connectivity index (χ0) is 13.2. The molecule has 0 radical (unpaired) electrons. The lowest BCUT2D eigenvalue weighted by Crippen LogP contribution is -2.18. The molecule has 1 fully saturated rings. The fourth-order valence-electron chi connectivity index (χ4n) is 2.69. The third-order valence-corrected chi connectivity index (χ3v) is 4.95. The number of benzene rings is 1. The van der Waals surface area contributed by atoms with Gasteiger partial charge in [-0.1, -0.05) is 35.2 Å². The maximum atomic E-state index is 4.12. The van der Waals surface area contributed by atoms with E-state index in [2.05, 4.69) is 39.2 Å². The Labute approximate surface area is 118 Å². The van der Waals surface area contributed by atoms with Crippen LogP contribution in [-0.4, -0.2) is 16.6 Å². The van der Waals surface area contributed by atoms with E-state index in [1.165, 1.54) is 46.8 Å². The molecule has 0 bridgehead atoms. The first-order valence-corrected chi connectivity index (χ1v) is 7.63. The monoisotopic (exact) mass is 273 g/mol. The summed E-state index contributed by atoms with van der Waals surface area (Å²) >= 11 is 1.49. The van der Waals surface area contributed by atoms with Gasteiger partial charge in [0.05, 0.1) is 16.6 Å². The molecule has 0 amide bonds. The van der Waals surface area contributed by atoms with Crippen molar-refractivity contribution in [3.05, 3.63) is 46.0 Å². The van der Waals surface area contributed by atoms with Crippen molar-refractivity contribution in [2.45, 2.75) is 38.1 Å². The predicted octanol–water partition coefficient (Wildman–Crippen LogP) is 3.42. The highest BCUT2D eigenvalue weighted by atomic mass is 32.1. The molecule has 1 unspecified atom stereocenters. The first-order chi connectivity index (χ1) is 9.29. The normalized spacial score (nSPS) is 17.2. The Morgan fingerprint density at radius 2 is 2.21 bits per heavy atom. The molecule has 2 aromatic rings. The van der Waals surface area contributed by atoms with Crippen molar-refractivity contribution in [2.24, 2.45) is 0 Å². The molecule has 3 rings (SSSR count). The lowest BCUT2D eigenvalue weighted by Gasteiger charge is -2.27. The highest BCUT2D eigenvalue weighted by Gasteiger charge is 2.22. The standard InChI is InChI=1S/C15H19N3S/c1-10-15(19-18-17-10)14(16-2)13-8-4-7-12(9-13)11-5-3-6-11/h4,7-9,11,14,16H,3,5-6H2,1-2H3. The van der Waals surface area contributed by atoms with Crippen LogP contribution in [0, 0.1) is 6.92 Å². The second kappa shape index (κ2) is 5.39. The van der Waals surface area contributed by atoms with Crippen molar-refractivity contribution in [2.75, 3.05) is 7.05 Å². The van der Waals surface area contributed by atoms with Gasteiger partial charge in [-0.3, -0.25) is 0 Å². The lowest BCUT2D eigenvalue weighted by atomic mass is 9.79. The number of aryl methyl sites for hydroxylation is 1. The third kappa shape index (κ3) is 2.42. The van der Waals surface area contributed by atoms with Crippen LogP contribution < -0.4 is 5.32 Å². The number of nitrogens with one attached hydrogen (secondary N) is 1. The Hall–Kier alpha value is -1.26. The number of nitrogens with zero attached hydrogens (tertiary/aromatic N) is 2. The van der Waals surface area contributed by atoms with Crippen LogP contribution in [0.15, 0.2) is 24.3 Å². The predicted molar refractivity (Wildman–Crippen MR) is 78.6 cm³/mol. The van der Waals surface area contributed by atoms with E-state index in [9.17, 15) is 0 Å². The van der Waals surface area contributed by atoms with Gasteiger partial charge in [0.2, 0.25) is 0 Å². The molecule has 1 aliphatic rings. The Kier molecular flexibility index (Phi) is 3.62. The molecule has 1 aromatic carbocycles. The Morgan fingerprint density at radius 3 is 2.79 bits per heavy atom. The lowest BCUT2D eigenvalue weighted by molar-refractivity contribution is 0.419. The minimum atomic E-state index is 0.208. The smallest absolute Gasteiger partial charge is 0.0776 e. The van der Waals surface area contributed by atoms with E-state index in [4.69, 9.17) is 0 Å². The molecule has 4 heteroatoms.